The molecule has 1 saturated carbocycles. The van der Waals surface area contributed by atoms with Crippen molar-refractivity contribution in [1.29, 1.82) is 0 Å². The molecular weight excluding hydrogens is 406 g/mol. The molecule has 12 nitrogen and oxygen atoms in total. The summed E-state index contributed by atoms with van der Waals surface area (Å²) >= 11 is 0. The second-order valence-corrected chi connectivity index (χ2v) is 7.28. The molecule has 1 aromatic carbocycles. The summed E-state index contributed by atoms with van der Waals surface area (Å²) in [6, 6.07) is 5.65. The van der Waals surface area contributed by atoms with Crippen LogP contribution in [0, 0.1) is 20.2 Å². The van der Waals surface area contributed by atoms with Crippen molar-refractivity contribution in [3.63, 3.8) is 0 Å². The highest BCUT2D eigenvalue weighted by Gasteiger charge is 2.25. The van der Waals surface area contributed by atoms with Crippen LogP contribution in [0.5, 0.6) is 0 Å². The highest BCUT2D eigenvalue weighted by Crippen LogP contribution is 2.30. The van der Waals surface area contributed by atoms with Crippen molar-refractivity contribution in [3.8, 4) is 0 Å². The molecule has 0 unspecified atom stereocenters. The first kappa shape index (κ1) is 21.9. The molecule has 1 heterocycles. The number of nitro benzene ring substituents is 1. The number of non-ortho nitro benzene ring substituents is 1. The predicted molar refractivity (Wildman–Crippen MR) is 112 cm³/mol. The summed E-state index contributed by atoms with van der Waals surface area (Å²) < 4.78 is 0. The van der Waals surface area contributed by atoms with Crippen LogP contribution in [-0.2, 0) is 11.2 Å². The molecule has 1 aromatic heterocycles. The van der Waals surface area contributed by atoms with Crippen LogP contribution in [0.25, 0.3) is 0 Å². The standard InChI is InChI=1S/C19H23N7O5/c27-16(11-13-7-9-15(10-8-13)25(28)29)23-24-19-17(26(30)31)18(20-12-21-19)22-14-5-3-1-2-4-6-14/h7-10,12,14H,1-6,11H2,(H,23,27)(H2,20,21,22,24). The highest BCUT2D eigenvalue weighted by atomic mass is 16.6. The van der Waals surface area contributed by atoms with Gasteiger partial charge in [0.15, 0.2) is 0 Å². The van der Waals surface area contributed by atoms with Gasteiger partial charge >= 0.3 is 5.69 Å². The van der Waals surface area contributed by atoms with Gasteiger partial charge in [0.05, 0.1) is 16.3 Å². The molecule has 1 aliphatic carbocycles. The van der Waals surface area contributed by atoms with Crippen LogP contribution in [0.2, 0.25) is 0 Å². The minimum absolute atomic E-state index is 0.0724. The molecule has 0 atom stereocenters. The first-order valence-corrected chi connectivity index (χ1v) is 9.98. The predicted octanol–water partition coefficient (Wildman–Crippen LogP) is 3.11. The van der Waals surface area contributed by atoms with Crippen molar-refractivity contribution in [1.82, 2.24) is 15.4 Å². The molecule has 0 radical (unpaired) electrons. The number of carbonyl (C=O) groups excluding carboxylic acids is 1. The Morgan fingerprint density at radius 2 is 1.61 bits per heavy atom. The van der Waals surface area contributed by atoms with Gasteiger partial charge in [-0.1, -0.05) is 37.8 Å². The molecule has 1 aliphatic rings. The summed E-state index contributed by atoms with van der Waals surface area (Å²) in [7, 11) is 0. The number of nitro groups is 2. The molecule has 31 heavy (non-hydrogen) atoms. The van der Waals surface area contributed by atoms with Crippen molar-refractivity contribution in [2.24, 2.45) is 0 Å². The maximum atomic E-state index is 12.2. The van der Waals surface area contributed by atoms with E-state index in [1.54, 1.807) is 0 Å². The molecule has 0 saturated heterocycles. The SMILES string of the molecule is O=C(Cc1ccc([N+](=O)[O-])cc1)NNc1ncnc(NC2CCCCCC2)c1[N+](=O)[O-]. The lowest BCUT2D eigenvalue weighted by Crippen LogP contribution is -2.31. The lowest BCUT2D eigenvalue weighted by atomic mass is 10.1. The number of hydrazine groups is 1. The zero-order valence-electron chi connectivity index (χ0n) is 16.7. The van der Waals surface area contributed by atoms with Gasteiger partial charge in [-0.05, 0) is 18.4 Å². The lowest BCUT2D eigenvalue weighted by Gasteiger charge is -2.17. The number of hydrogen-bond acceptors (Lipinski definition) is 9. The van der Waals surface area contributed by atoms with Crippen molar-refractivity contribution in [2.75, 3.05) is 10.7 Å². The minimum Gasteiger partial charge on any atom is -0.361 e. The number of anilines is 2. The largest absolute Gasteiger partial charge is 0.361 e. The molecule has 1 fully saturated rings. The molecular formula is C19H23N7O5. The zero-order valence-corrected chi connectivity index (χ0v) is 16.7. The number of benzene rings is 1. The van der Waals surface area contributed by atoms with Gasteiger partial charge in [-0.25, -0.2) is 9.97 Å². The van der Waals surface area contributed by atoms with Crippen LogP contribution >= 0.6 is 0 Å². The Morgan fingerprint density at radius 3 is 2.23 bits per heavy atom. The van der Waals surface area contributed by atoms with Crippen molar-refractivity contribution in [2.45, 2.75) is 51.0 Å². The van der Waals surface area contributed by atoms with E-state index in [1.807, 2.05) is 0 Å². The number of nitrogens with zero attached hydrogens (tertiary/aromatic N) is 4. The smallest absolute Gasteiger partial charge is 0.354 e. The van der Waals surface area contributed by atoms with E-state index < -0.39 is 15.8 Å². The van der Waals surface area contributed by atoms with Crippen LogP contribution in [-0.4, -0.2) is 31.8 Å². The van der Waals surface area contributed by atoms with E-state index >= 15 is 0 Å². The average molecular weight is 429 g/mol. The molecule has 1 amide bonds. The monoisotopic (exact) mass is 429 g/mol. The Bertz CT molecular complexity index is 943. The molecule has 164 valence electrons. The summed E-state index contributed by atoms with van der Waals surface area (Å²) in [5.41, 5.74) is 5.00. The van der Waals surface area contributed by atoms with Crippen LogP contribution in [0.4, 0.5) is 23.0 Å². The number of aromatic nitrogens is 2. The van der Waals surface area contributed by atoms with Gasteiger partial charge in [0.25, 0.3) is 5.69 Å². The fraction of sp³-hybridized carbons (Fsp3) is 0.421. The van der Waals surface area contributed by atoms with Gasteiger partial charge in [-0.15, -0.1) is 0 Å². The molecule has 0 bridgehead atoms. The average Bonchev–Trinajstić information content (AvgIpc) is 3.01. The number of carbonyl (C=O) groups is 1. The molecule has 2 aromatic rings. The number of amides is 1. The zero-order chi connectivity index (χ0) is 22.2. The first-order chi connectivity index (χ1) is 14.9. The van der Waals surface area contributed by atoms with Gasteiger partial charge in [0, 0.05) is 18.2 Å². The fourth-order valence-electron chi connectivity index (χ4n) is 3.46. The van der Waals surface area contributed by atoms with E-state index in [-0.39, 0.29) is 35.5 Å². The Kier molecular flexibility index (Phi) is 7.25. The fourth-order valence-corrected chi connectivity index (χ4v) is 3.46. The second kappa shape index (κ2) is 10.3. The molecule has 0 spiro atoms. The van der Waals surface area contributed by atoms with Gasteiger partial charge in [-0.2, -0.15) is 0 Å². The van der Waals surface area contributed by atoms with E-state index in [0.29, 0.717) is 5.56 Å². The summed E-state index contributed by atoms with van der Waals surface area (Å²) in [6.07, 6.45) is 7.36. The van der Waals surface area contributed by atoms with E-state index in [4.69, 9.17) is 0 Å². The van der Waals surface area contributed by atoms with E-state index in [1.165, 1.54) is 30.6 Å². The third-order valence-corrected chi connectivity index (χ3v) is 5.03. The minimum atomic E-state index is -0.593. The molecule has 3 rings (SSSR count). The topological polar surface area (TPSA) is 165 Å². The third kappa shape index (κ3) is 6.07. The van der Waals surface area contributed by atoms with Crippen LogP contribution < -0.4 is 16.2 Å². The van der Waals surface area contributed by atoms with E-state index in [2.05, 4.69) is 26.1 Å². The lowest BCUT2D eigenvalue weighted by molar-refractivity contribution is -0.384. The summed E-state index contributed by atoms with van der Waals surface area (Å²) in [5.74, 6) is -0.507. The molecule has 12 heteroatoms. The Morgan fingerprint density at radius 1 is 0.968 bits per heavy atom. The van der Waals surface area contributed by atoms with Crippen LogP contribution in [0.3, 0.4) is 0 Å². The van der Waals surface area contributed by atoms with Gasteiger partial charge < -0.3 is 5.32 Å². The van der Waals surface area contributed by atoms with E-state index in [0.717, 1.165) is 38.5 Å². The highest BCUT2D eigenvalue weighted by molar-refractivity contribution is 5.81. The summed E-state index contributed by atoms with van der Waals surface area (Å²) in [5, 5.41) is 25.5. The van der Waals surface area contributed by atoms with Crippen molar-refractivity contribution in [3.05, 3.63) is 56.4 Å². The summed E-state index contributed by atoms with van der Waals surface area (Å²) in [6.45, 7) is 0. The normalized spacial score (nSPS) is 14.3. The molecule has 3 N–H and O–H groups in total. The maximum absolute atomic E-state index is 12.2. The van der Waals surface area contributed by atoms with Gasteiger partial charge in [0.2, 0.25) is 17.5 Å². The Hall–Kier alpha value is -3.83. The maximum Gasteiger partial charge on any atom is 0.354 e. The van der Waals surface area contributed by atoms with Gasteiger partial charge in [-0.3, -0.25) is 35.9 Å². The van der Waals surface area contributed by atoms with E-state index in [9.17, 15) is 25.0 Å². The second-order valence-electron chi connectivity index (χ2n) is 7.28. The van der Waals surface area contributed by atoms with Gasteiger partial charge in [0.1, 0.15) is 6.33 Å². The first-order valence-electron chi connectivity index (χ1n) is 9.98. The third-order valence-electron chi connectivity index (χ3n) is 5.03. The molecule has 0 aliphatic heterocycles. The Balaban J connectivity index is 1.65. The van der Waals surface area contributed by atoms with Crippen LogP contribution in [0.1, 0.15) is 44.1 Å². The number of hydrogen-bond donors (Lipinski definition) is 3. The van der Waals surface area contributed by atoms with Crippen molar-refractivity contribution >= 4 is 28.9 Å². The number of rotatable bonds is 8. The summed E-state index contributed by atoms with van der Waals surface area (Å²) in [4.78, 5) is 41.3. The Labute approximate surface area is 177 Å². The number of nitrogens with one attached hydrogen (secondary N) is 3. The van der Waals surface area contributed by atoms with Crippen LogP contribution in [0.15, 0.2) is 30.6 Å². The quantitative estimate of drug-likeness (QED) is 0.324. The van der Waals surface area contributed by atoms with Crippen molar-refractivity contribution < 1.29 is 14.6 Å².